The van der Waals surface area contributed by atoms with Gasteiger partial charge in [0.1, 0.15) is 11.1 Å². The lowest BCUT2D eigenvalue weighted by Gasteiger charge is -2.05. The van der Waals surface area contributed by atoms with Crippen LogP contribution in [0.1, 0.15) is 15.9 Å². The number of para-hydroxylation sites is 2. The number of halogens is 1. The largest absolute Gasteiger partial charge is 0.422 e. The number of nitro benzene ring substituents is 1. The summed E-state index contributed by atoms with van der Waals surface area (Å²) in [5, 5.41) is 11.5. The predicted molar refractivity (Wildman–Crippen MR) is 90.1 cm³/mol. The Balaban J connectivity index is 2.01. The number of ether oxygens (including phenoxy) is 1. The maximum atomic E-state index is 12.3. The van der Waals surface area contributed by atoms with Gasteiger partial charge in [0.05, 0.1) is 4.92 Å². The number of fused-ring (bicyclic) bond motifs is 1. The van der Waals surface area contributed by atoms with Crippen LogP contribution in [0.15, 0.2) is 57.7 Å². The van der Waals surface area contributed by atoms with Crippen LogP contribution in [0.4, 0.5) is 5.69 Å². The highest BCUT2D eigenvalue weighted by molar-refractivity contribution is 6.17. The zero-order valence-electron chi connectivity index (χ0n) is 12.6. The van der Waals surface area contributed by atoms with Crippen molar-refractivity contribution >= 4 is 34.2 Å². The first-order valence-corrected chi connectivity index (χ1v) is 7.61. The van der Waals surface area contributed by atoms with Crippen molar-refractivity contribution in [1.29, 1.82) is 0 Å². The van der Waals surface area contributed by atoms with Crippen molar-refractivity contribution in [3.05, 3.63) is 80.2 Å². The second kappa shape index (κ2) is 6.74. The zero-order chi connectivity index (χ0) is 18.0. The van der Waals surface area contributed by atoms with E-state index in [1.165, 1.54) is 30.3 Å². The third-order valence-electron chi connectivity index (χ3n) is 3.44. The molecule has 0 radical (unpaired) electrons. The quantitative estimate of drug-likeness (QED) is 0.176. The summed E-state index contributed by atoms with van der Waals surface area (Å²) in [6.45, 7) is 0. The van der Waals surface area contributed by atoms with Crippen molar-refractivity contribution in [2.75, 3.05) is 0 Å². The molecule has 126 valence electrons. The number of rotatable bonds is 4. The average molecular weight is 360 g/mol. The molecule has 0 unspecified atom stereocenters. The Morgan fingerprint density at radius 2 is 1.96 bits per heavy atom. The minimum Gasteiger partial charge on any atom is -0.422 e. The lowest BCUT2D eigenvalue weighted by Crippen LogP contribution is -2.19. The number of alkyl halides is 1. The Labute approximate surface area is 145 Å². The molecule has 8 heteroatoms. The monoisotopic (exact) mass is 359 g/mol. The molecule has 0 aliphatic heterocycles. The molecule has 0 saturated heterocycles. The summed E-state index contributed by atoms with van der Waals surface area (Å²) in [6, 6.07) is 11.6. The van der Waals surface area contributed by atoms with Gasteiger partial charge in [-0.1, -0.05) is 18.2 Å². The van der Waals surface area contributed by atoms with Gasteiger partial charge in [-0.15, -0.1) is 11.6 Å². The van der Waals surface area contributed by atoms with Crippen molar-refractivity contribution in [3.63, 3.8) is 0 Å². The minimum atomic E-state index is -1.04. The van der Waals surface area contributed by atoms with Crippen molar-refractivity contribution < 1.29 is 18.9 Å². The average Bonchev–Trinajstić information content (AvgIpc) is 2.61. The molecule has 1 heterocycles. The van der Waals surface area contributed by atoms with Gasteiger partial charge in [0, 0.05) is 17.3 Å². The molecule has 2 aromatic carbocycles. The highest BCUT2D eigenvalue weighted by Crippen LogP contribution is 2.26. The molecule has 0 aliphatic carbocycles. The Kier molecular flexibility index (Phi) is 4.49. The summed E-state index contributed by atoms with van der Waals surface area (Å²) in [5.41, 5.74) is -0.570. The van der Waals surface area contributed by atoms with Gasteiger partial charge in [-0.3, -0.25) is 10.1 Å². The zero-order valence-corrected chi connectivity index (χ0v) is 13.4. The first kappa shape index (κ1) is 16.7. The number of hydrogen-bond donors (Lipinski definition) is 0. The molecule has 0 saturated carbocycles. The summed E-state index contributed by atoms with van der Waals surface area (Å²) >= 11 is 5.77. The number of hydrogen-bond acceptors (Lipinski definition) is 6. The fraction of sp³-hybridized carbons (Fsp3) is 0.0588. The van der Waals surface area contributed by atoms with Gasteiger partial charge in [0.25, 0.3) is 0 Å². The Morgan fingerprint density at radius 3 is 2.68 bits per heavy atom. The highest BCUT2D eigenvalue weighted by Gasteiger charge is 2.21. The van der Waals surface area contributed by atoms with Gasteiger partial charge in [-0.05, 0) is 29.8 Å². The van der Waals surface area contributed by atoms with E-state index < -0.39 is 16.5 Å². The third-order valence-corrected chi connectivity index (χ3v) is 3.74. The summed E-state index contributed by atoms with van der Waals surface area (Å²) in [6.07, 6.45) is 0. The Morgan fingerprint density at radius 1 is 1.20 bits per heavy atom. The van der Waals surface area contributed by atoms with Crippen LogP contribution in [0, 0.1) is 10.1 Å². The first-order valence-electron chi connectivity index (χ1n) is 7.08. The van der Waals surface area contributed by atoms with Crippen LogP contribution in [-0.2, 0) is 5.88 Å². The topological polar surface area (TPSA) is 99.7 Å². The number of carbonyl (C=O) groups is 1. The Bertz CT molecular complexity index is 1040. The number of esters is 1. The molecule has 0 aliphatic rings. The SMILES string of the molecule is O=C(Oc1ccccc1[N+](=O)[O-])c1cc2cc(CCl)ccc2oc1=O. The summed E-state index contributed by atoms with van der Waals surface area (Å²) in [5.74, 6) is -1.04. The third kappa shape index (κ3) is 3.36. The molecule has 7 nitrogen and oxygen atoms in total. The lowest BCUT2D eigenvalue weighted by atomic mass is 10.1. The molecule has 3 aromatic rings. The summed E-state index contributed by atoms with van der Waals surface area (Å²) in [7, 11) is 0. The molecule has 0 N–H and O–H groups in total. The molecule has 0 atom stereocenters. The predicted octanol–water partition coefficient (Wildman–Crippen LogP) is 3.66. The minimum absolute atomic E-state index is 0.255. The summed E-state index contributed by atoms with van der Waals surface area (Å²) < 4.78 is 10.1. The van der Waals surface area contributed by atoms with Crippen molar-refractivity contribution in [3.8, 4) is 5.75 Å². The molecule has 3 rings (SSSR count). The molecular formula is C17H10ClNO6. The van der Waals surface area contributed by atoms with E-state index in [-0.39, 0.29) is 22.9 Å². The van der Waals surface area contributed by atoms with Gasteiger partial charge >= 0.3 is 17.3 Å². The van der Waals surface area contributed by atoms with Crippen molar-refractivity contribution in [1.82, 2.24) is 0 Å². The Hall–Kier alpha value is -3.19. The summed E-state index contributed by atoms with van der Waals surface area (Å²) in [4.78, 5) is 34.6. The first-order chi connectivity index (χ1) is 12.0. The second-order valence-electron chi connectivity index (χ2n) is 5.07. The van der Waals surface area contributed by atoms with Crippen LogP contribution < -0.4 is 10.4 Å². The van der Waals surface area contributed by atoms with Crippen molar-refractivity contribution in [2.24, 2.45) is 0 Å². The van der Waals surface area contributed by atoms with E-state index in [1.807, 2.05) is 0 Å². The van der Waals surface area contributed by atoms with Crippen LogP contribution >= 0.6 is 11.6 Å². The molecule has 0 fully saturated rings. The normalized spacial score (nSPS) is 10.6. The second-order valence-corrected chi connectivity index (χ2v) is 5.33. The van der Waals surface area contributed by atoms with Crippen molar-refractivity contribution in [2.45, 2.75) is 5.88 Å². The molecule has 1 aromatic heterocycles. The fourth-order valence-electron chi connectivity index (χ4n) is 2.25. The number of nitro groups is 1. The van der Waals surface area contributed by atoms with Crippen LogP contribution in [0.2, 0.25) is 0 Å². The van der Waals surface area contributed by atoms with E-state index in [0.717, 1.165) is 5.56 Å². The number of nitrogens with zero attached hydrogens (tertiary/aromatic N) is 1. The fourth-order valence-corrected chi connectivity index (χ4v) is 2.41. The maximum Gasteiger partial charge on any atom is 0.351 e. The van der Waals surface area contributed by atoms with Gasteiger partial charge in [-0.2, -0.15) is 0 Å². The van der Waals surface area contributed by atoms with E-state index >= 15 is 0 Å². The van der Waals surface area contributed by atoms with E-state index in [4.69, 9.17) is 20.8 Å². The number of benzene rings is 2. The van der Waals surface area contributed by atoms with Gasteiger partial charge in [0.2, 0.25) is 5.75 Å². The van der Waals surface area contributed by atoms with Crippen LogP contribution in [0.25, 0.3) is 11.0 Å². The molecule has 0 spiro atoms. The number of carbonyl (C=O) groups excluding carboxylic acids is 1. The smallest absolute Gasteiger partial charge is 0.351 e. The van der Waals surface area contributed by atoms with E-state index in [9.17, 15) is 19.7 Å². The molecule has 25 heavy (non-hydrogen) atoms. The molecule has 0 amide bonds. The molecular weight excluding hydrogens is 350 g/mol. The van der Waals surface area contributed by atoms with Crippen LogP contribution in [0.5, 0.6) is 5.75 Å². The molecule has 0 bridgehead atoms. The standard InChI is InChI=1S/C17H10ClNO6/c18-9-10-5-6-14-11(7-10)8-12(16(20)24-14)17(21)25-15-4-2-1-3-13(15)19(22)23/h1-8H,9H2. The van der Waals surface area contributed by atoms with E-state index in [1.54, 1.807) is 18.2 Å². The van der Waals surface area contributed by atoms with Gasteiger partial charge in [0.15, 0.2) is 0 Å². The highest BCUT2D eigenvalue weighted by atomic mass is 35.5. The van der Waals surface area contributed by atoms with Gasteiger partial charge in [-0.25, -0.2) is 9.59 Å². The van der Waals surface area contributed by atoms with Crippen LogP contribution in [0.3, 0.4) is 0 Å². The lowest BCUT2D eigenvalue weighted by molar-refractivity contribution is -0.385. The van der Waals surface area contributed by atoms with Gasteiger partial charge < -0.3 is 9.15 Å². The van der Waals surface area contributed by atoms with E-state index in [0.29, 0.717) is 11.0 Å². The van der Waals surface area contributed by atoms with Crippen LogP contribution in [-0.4, -0.2) is 10.9 Å². The maximum absolute atomic E-state index is 12.3. The van der Waals surface area contributed by atoms with E-state index in [2.05, 4.69) is 0 Å².